The van der Waals surface area contributed by atoms with Crippen LogP contribution in [0, 0.1) is 5.92 Å². The number of para-hydroxylation sites is 1. The number of hydrogen-bond acceptors (Lipinski definition) is 3. The third kappa shape index (κ3) is 5.13. The summed E-state index contributed by atoms with van der Waals surface area (Å²) in [5.74, 6) is -1.76. The lowest BCUT2D eigenvalue weighted by Gasteiger charge is -2.24. The summed E-state index contributed by atoms with van der Waals surface area (Å²) in [6.07, 6.45) is -0.662. The van der Waals surface area contributed by atoms with Crippen LogP contribution in [0.25, 0.3) is 16.5 Å². The van der Waals surface area contributed by atoms with Crippen molar-refractivity contribution in [2.75, 3.05) is 13.1 Å². The molecule has 0 bridgehead atoms. The van der Waals surface area contributed by atoms with E-state index in [1.807, 2.05) is 18.2 Å². The van der Waals surface area contributed by atoms with E-state index in [0.29, 0.717) is 30.6 Å². The zero-order valence-corrected chi connectivity index (χ0v) is 16.0. The van der Waals surface area contributed by atoms with Crippen LogP contribution in [0.15, 0.2) is 36.5 Å². The van der Waals surface area contributed by atoms with Crippen LogP contribution in [0.1, 0.15) is 42.1 Å². The number of pyridine rings is 1. The van der Waals surface area contributed by atoms with E-state index in [2.05, 4.69) is 15.6 Å². The van der Waals surface area contributed by atoms with Crippen molar-refractivity contribution in [2.45, 2.75) is 32.4 Å². The van der Waals surface area contributed by atoms with Gasteiger partial charge in [0.2, 0.25) is 5.91 Å². The molecule has 29 heavy (non-hydrogen) atoms. The Labute approximate surface area is 166 Å². The van der Waals surface area contributed by atoms with Crippen molar-refractivity contribution in [3.63, 3.8) is 0 Å². The van der Waals surface area contributed by atoms with Gasteiger partial charge in [-0.1, -0.05) is 24.3 Å². The molecule has 1 aliphatic rings. The molecule has 2 amide bonds. The molecule has 1 aromatic carbocycles. The molecule has 2 N–H and O–H groups in total. The number of hydrogen-bond donors (Lipinski definition) is 2. The first kappa shape index (κ1) is 20.8. The van der Waals surface area contributed by atoms with Gasteiger partial charge in [0.05, 0.1) is 17.0 Å². The first-order valence-corrected chi connectivity index (χ1v) is 9.43. The lowest BCUT2D eigenvalue weighted by atomic mass is 9.85. The molecule has 0 fully saturated rings. The van der Waals surface area contributed by atoms with Gasteiger partial charge in [0.15, 0.2) is 0 Å². The van der Waals surface area contributed by atoms with Crippen molar-refractivity contribution in [1.29, 1.82) is 0 Å². The van der Waals surface area contributed by atoms with Crippen LogP contribution in [-0.4, -0.2) is 36.1 Å². The number of aromatic nitrogens is 1. The molecular formula is C21H22F3N3O2. The molecule has 0 radical (unpaired) electrons. The number of alkyl halides is 3. The van der Waals surface area contributed by atoms with Gasteiger partial charge in [-0.2, -0.15) is 13.2 Å². The Hall–Kier alpha value is -2.90. The molecular weight excluding hydrogens is 383 g/mol. The van der Waals surface area contributed by atoms with E-state index in [0.717, 1.165) is 16.5 Å². The number of allylic oxidation sites excluding steroid dienone is 2. The highest BCUT2D eigenvalue weighted by atomic mass is 19.4. The molecule has 2 aromatic rings. The third-order valence-corrected chi connectivity index (χ3v) is 4.98. The highest BCUT2D eigenvalue weighted by Crippen LogP contribution is 2.40. The van der Waals surface area contributed by atoms with Crippen LogP contribution < -0.4 is 10.6 Å². The Morgan fingerprint density at radius 3 is 2.62 bits per heavy atom. The number of benzene rings is 1. The molecule has 0 saturated carbocycles. The molecule has 0 spiro atoms. The standard InChI is InChI=1S/C21H22F3N3O2/c1-13(28)25-9-10-26-20(29)16-11-15-3-2-4-18(19(15)27-12-16)14-5-7-17(8-6-14)21(22,23)24/h2-5,11-12,17H,6-10H2,1H3,(H,25,28)(H,26,29)/t17-/m1/s1. The van der Waals surface area contributed by atoms with E-state index in [-0.39, 0.29) is 24.7 Å². The first-order valence-electron chi connectivity index (χ1n) is 9.43. The normalized spacial score (nSPS) is 17.0. The average molecular weight is 405 g/mol. The van der Waals surface area contributed by atoms with Crippen molar-refractivity contribution in [3.05, 3.63) is 47.7 Å². The summed E-state index contributed by atoms with van der Waals surface area (Å²) in [5, 5.41) is 6.04. The second-order valence-electron chi connectivity index (χ2n) is 7.08. The Morgan fingerprint density at radius 1 is 1.21 bits per heavy atom. The predicted molar refractivity (Wildman–Crippen MR) is 104 cm³/mol. The number of nitrogens with zero attached hydrogens (tertiary/aromatic N) is 1. The molecule has 1 heterocycles. The summed E-state index contributed by atoms with van der Waals surface area (Å²) < 4.78 is 38.7. The van der Waals surface area contributed by atoms with E-state index in [1.54, 1.807) is 12.1 Å². The summed E-state index contributed by atoms with van der Waals surface area (Å²) in [5.41, 5.74) is 2.71. The van der Waals surface area contributed by atoms with Crippen LogP contribution in [-0.2, 0) is 4.79 Å². The molecule has 8 heteroatoms. The summed E-state index contributed by atoms with van der Waals surface area (Å²) in [6.45, 7) is 2.03. The van der Waals surface area contributed by atoms with E-state index >= 15 is 0 Å². The van der Waals surface area contributed by atoms with Gasteiger partial charge in [-0.05, 0) is 30.9 Å². The molecule has 1 aliphatic carbocycles. The topological polar surface area (TPSA) is 71.1 Å². The second kappa shape index (κ2) is 8.63. The summed E-state index contributed by atoms with van der Waals surface area (Å²) >= 11 is 0. The van der Waals surface area contributed by atoms with Gasteiger partial charge >= 0.3 is 6.18 Å². The van der Waals surface area contributed by atoms with Crippen molar-refractivity contribution in [1.82, 2.24) is 15.6 Å². The fourth-order valence-corrected chi connectivity index (χ4v) is 3.44. The zero-order chi connectivity index (χ0) is 21.0. The van der Waals surface area contributed by atoms with Crippen molar-refractivity contribution < 1.29 is 22.8 Å². The smallest absolute Gasteiger partial charge is 0.355 e. The maximum Gasteiger partial charge on any atom is 0.392 e. The van der Waals surface area contributed by atoms with Gasteiger partial charge in [-0.15, -0.1) is 0 Å². The molecule has 5 nitrogen and oxygen atoms in total. The zero-order valence-electron chi connectivity index (χ0n) is 16.0. The predicted octanol–water partition coefficient (Wildman–Crippen LogP) is 3.85. The SMILES string of the molecule is CC(=O)NCCNC(=O)c1cnc2c(C3=CC[C@@H](C(F)(F)F)CC3)cccc2c1. The van der Waals surface area contributed by atoms with Crippen LogP contribution >= 0.6 is 0 Å². The van der Waals surface area contributed by atoms with Crippen LogP contribution in [0.4, 0.5) is 13.2 Å². The van der Waals surface area contributed by atoms with Crippen molar-refractivity contribution in [2.24, 2.45) is 5.92 Å². The van der Waals surface area contributed by atoms with Gasteiger partial charge in [0, 0.05) is 37.2 Å². The summed E-state index contributed by atoms with van der Waals surface area (Å²) in [7, 11) is 0. The lowest BCUT2D eigenvalue weighted by molar-refractivity contribution is -0.175. The van der Waals surface area contributed by atoms with Gasteiger partial charge in [-0.3, -0.25) is 14.6 Å². The molecule has 0 aliphatic heterocycles. The van der Waals surface area contributed by atoms with E-state index < -0.39 is 12.1 Å². The highest BCUT2D eigenvalue weighted by Gasteiger charge is 2.39. The second-order valence-corrected chi connectivity index (χ2v) is 7.08. The Morgan fingerprint density at radius 2 is 1.97 bits per heavy atom. The van der Waals surface area contributed by atoms with E-state index in [9.17, 15) is 22.8 Å². The van der Waals surface area contributed by atoms with Crippen molar-refractivity contribution >= 4 is 28.3 Å². The van der Waals surface area contributed by atoms with Gasteiger partial charge < -0.3 is 10.6 Å². The number of fused-ring (bicyclic) bond motifs is 1. The van der Waals surface area contributed by atoms with Crippen LogP contribution in [0.5, 0.6) is 0 Å². The van der Waals surface area contributed by atoms with E-state index in [1.165, 1.54) is 13.1 Å². The quantitative estimate of drug-likeness (QED) is 0.743. The molecule has 1 aromatic heterocycles. The first-order chi connectivity index (χ1) is 13.8. The largest absolute Gasteiger partial charge is 0.392 e. The fraction of sp³-hybridized carbons (Fsp3) is 0.381. The highest BCUT2D eigenvalue weighted by molar-refractivity contribution is 5.99. The molecule has 0 saturated heterocycles. The number of amides is 2. The maximum absolute atomic E-state index is 12.9. The number of halogens is 3. The Kier molecular flexibility index (Phi) is 6.20. The fourth-order valence-electron chi connectivity index (χ4n) is 3.44. The lowest BCUT2D eigenvalue weighted by Crippen LogP contribution is -2.33. The summed E-state index contributed by atoms with van der Waals surface area (Å²) in [4.78, 5) is 27.5. The van der Waals surface area contributed by atoms with Gasteiger partial charge in [0.1, 0.15) is 0 Å². The molecule has 1 atom stereocenters. The number of carbonyl (C=O) groups excluding carboxylic acids is 2. The Balaban J connectivity index is 1.76. The van der Waals surface area contributed by atoms with Gasteiger partial charge in [-0.25, -0.2) is 0 Å². The number of nitrogens with one attached hydrogen (secondary N) is 2. The van der Waals surface area contributed by atoms with Gasteiger partial charge in [0.25, 0.3) is 5.91 Å². The van der Waals surface area contributed by atoms with Crippen LogP contribution in [0.2, 0.25) is 0 Å². The molecule has 0 unspecified atom stereocenters. The van der Waals surface area contributed by atoms with Crippen LogP contribution in [0.3, 0.4) is 0 Å². The minimum atomic E-state index is -4.17. The number of carbonyl (C=O) groups is 2. The molecule has 154 valence electrons. The third-order valence-electron chi connectivity index (χ3n) is 4.98. The van der Waals surface area contributed by atoms with E-state index in [4.69, 9.17) is 0 Å². The Bertz CT molecular complexity index is 954. The minimum Gasteiger partial charge on any atom is -0.355 e. The molecule has 3 rings (SSSR count). The maximum atomic E-state index is 12.9. The average Bonchev–Trinajstić information content (AvgIpc) is 2.69. The summed E-state index contributed by atoms with van der Waals surface area (Å²) in [6, 6.07) is 7.19. The minimum absolute atomic E-state index is 0.0238. The monoisotopic (exact) mass is 405 g/mol. The number of rotatable bonds is 5. The van der Waals surface area contributed by atoms with Crippen molar-refractivity contribution in [3.8, 4) is 0 Å².